The van der Waals surface area contributed by atoms with E-state index in [0.717, 1.165) is 17.9 Å². The fourth-order valence-electron chi connectivity index (χ4n) is 3.71. The second kappa shape index (κ2) is 7.82. The maximum absolute atomic E-state index is 5.63. The van der Waals surface area contributed by atoms with Crippen molar-refractivity contribution >= 4 is 11.0 Å². The average Bonchev–Trinajstić information content (AvgIpc) is 2.98. The highest BCUT2D eigenvalue weighted by atomic mass is 16.3. The molecule has 1 aliphatic heterocycles. The summed E-state index contributed by atoms with van der Waals surface area (Å²) in [5.41, 5.74) is 2.39. The van der Waals surface area contributed by atoms with E-state index in [-0.39, 0.29) is 0 Å². The molecule has 120 valence electrons. The van der Waals surface area contributed by atoms with Gasteiger partial charge >= 0.3 is 0 Å². The van der Waals surface area contributed by atoms with E-state index >= 15 is 0 Å². The lowest BCUT2D eigenvalue weighted by molar-refractivity contribution is 0.176. The van der Waals surface area contributed by atoms with Crippen LogP contribution in [-0.2, 0) is 6.42 Å². The minimum atomic E-state index is 0.994. The molecule has 0 atom stereocenters. The molecule has 1 saturated heterocycles. The zero-order valence-electron chi connectivity index (χ0n) is 13.9. The van der Waals surface area contributed by atoms with Crippen molar-refractivity contribution in [1.82, 2.24) is 4.90 Å². The summed E-state index contributed by atoms with van der Waals surface area (Å²) >= 11 is 0. The Morgan fingerprint density at radius 2 is 1.95 bits per heavy atom. The molecule has 1 aromatic carbocycles. The van der Waals surface area contributed by atoms with Gasteiger partial charge < -0.3 is 9.32 Å². The van der Waals surface area contributed by atoms with Crippen LogP contribution in [0.25, 0.3) is 11.0 Å². The lowest BCUT2D eigenvalue weighted by Crippen LogP contribution is -2.34. The topological polar surface area (TPSA) is 16.4 Å². The first-order valence-electron chi connectivity index (χ1n) is 9.04. The summed E-state index contributed by atoms with van der Waals surface area (Å²) in [4.78, 5) is 2.66. The molecular formula is C20H29NO. The fraction of sp³-hybridized carbons (Fsp3) is 0.600. The molecule has 0 aliphatic carbocycles. The predicted molar refractivity (Wildman–Crippen MR) is 93.2 cm³/mol. The largest absolute Gasteiger partial charge is 0.464 e. The van der Waals surface area contributed by atoms with Gasteiger partial charge in [0.1, 0.15) is 5.58 Å². The SMILES string of the molecule is CCCCC1CCN(CCCc2coc3ccccc23)CC1. The molecular weight excluding hydrogens is 270 g/mol. The van der Waals surface area contributed by atoms with Crippen LogP contribution in [0, 0.1) is 5.92 Å². The molecule has 2 heterocycles. The van der Waals surface area contributed by atoms with E-state index in [0.29, 0.717) is 0 Å². The molecule has 0 N–H and O–H groups in total. The molecule has 0 radical (unpaired) electrons. The third kappa shape index (κ3) is 3.92. The molecule has 1 fully saturated rings. The normalized spacial score (nSPS) is 17.3. The third-order valence-corrected chi connectivity index (χ3v) is 5.15. The van der Waals surface area contributed by atoms with E-state index in [4.69, 9.17) is 4.42 Å². The highest BCUT2D eigenvalue weighted by molar-refractivity contribution is 5.80. The number of hydrogen-bond donors (Lipinski definition) is 0. The quantitative estimate of drug-likeness (QED) is 0.692. The van der Waals surface area contributed by atoms with Crippen LogP contribution in [0.5, 0.6) is 0 Å². The zero-order chi connectivity index (χ0) is 15.2. The Labute approximate surface area is 134 Å². The van der Waals surface area contributed by atoms with Crippen molar-refractivity contribution in [3.63, 3.8) is 0 Å². The van der Waals surface area contributed by atoms with Gasteiger partial charge in [-0.2, -0.15) is 0 Å². The molecule has 1 aromatic heterocycles. The number of fused-ring (bicyclic) bond motifs is 1. The summed E-state index contributed by atoms with van der Waals surface area (Å²) in [7, 11) is 0. The number of aryl methyl sites for hydroxylation is 1. The number of piperidine rings is 1. The first kappa shape index (κ1) is 15.6. The van der Waals surface area contributed by atoms with Crippen molar-refractivity contribution in [2.45, 2.75) is 51.9 Å². The van der Waals surface area contributed by atoms with Crippen LogP contribution in [0.1, 0.15) is 51.0 Å². The number of benzene rings is 1. The number of rotatable bonds is 7. The van der Waals surface area contributed by atoms with Gasteiger partial charge in [0, 0.05) is 5.39 Å². The highest BCUT2D eigenvalue weighted by Crippen LogP contribution is 2.24. The highest BCUT2D eigenvalue weighted by Gasteiger charge is 2.18. The maximum Gasteiger partial charge on any atom is 0.134 e. The third-order valence-electron chi connectivity index (χ3n) is 5.15. The molecule has 2 heteroatoms. The monoisotopic (exact) mass is 299 g/mol. The Morgan fingerprint density at radius 1 is 1.14 bits per heavy atom. The van der Waals surface area contributed by atoms with Gasteiger partial charge in [0.15, 0.2) is 0 Å². The van der Waals surface area contributed by atoms with Crippen molar-refractivity contribution in [2.75, 3.05) is 19.6 Å². The van der Waals surface area contributed by atoms with Crippen molar-refractivity contribution < 1.29 is 4.42 Å². The van der Waals surface area contributed by atoms with E-state index < -0.39 is 0 Å². The molecule has 1 aliphatic rings. The second-order valence-corrected chi connectivity index (χ2v) is 6.79. The summed E-state index contributed by atoms with van der Waals surface area (Å²) in [5.74, 6) is 0.994. The molecule has 0 amide bonds. The number of unbranched alkanes of at least 4 members (excludes halogenated alkanes) is 1. The van der Waals surface area contributed by atoms with Crippen LogP contribution in [0.2, 0.25) is 0 Å². The Bertz CT molecular complexity index is 566. The van der Waals surface area contributed by atoms with E-state index in [1.807, 2.05) is 12.3 Å². The zero-order valence-corrected chi connectivity index (χ0v) is 13.9. The number of para-hydroxylation sites is 1. The van der Waals surface area contributed by atoms with Crippen LogP contribution in [0.4, 0.5) is 0 Å². The molecule has 0 spiro atoms. The predicted octanol–water partition coefficient (Wildman–Crippen LogP) is 5.27. The Hall–Kier alpha value is -1.28. The van der Waals surface area contributed by atoms with E-state index in [1.54, 1.807) is 0 Å². The van der Waals surface area contributed by atoms with Gasteiger partial charge in [-0.05, 0) is 62.9 Å². The number of nitrogens with zero attached hydrogens (tertiary/aromatic N) is 1. The maximum atomic E-state index is 5.63. The number of furan rings is 1. The number of likely N-dealkylation sites (tertiary alicyclic amines) is 1. The van der Waals surface area contributed by atoms with Gasteiger partial charge in [0.05, 0.1) is 6.26 Å². The Morgan fingerprint density at radius 3 is 2.77 bits per heavy atom. The molecule has 22 heavy (non-hydrogen) atoms. The summed E-state index contributed by atoms with van der Waals surface area (Å²) in [6.07, 6.45) is 11.4. The van der Waals surface area contributed by atoms with Crippen LogP contribution >= 0.6 is 0 Å². The van der Waals surface area contributed by atoms with Gasteiger partial charge in [0.2, 0.25) is 0 Å². The van der Waals surface area contributed by atoms with Crippen molar-refractivity contribution in [2.24, 2.45) is 5.92 Å². The van der Waals surface area contributed by atoms with Gasteiger partial charge in [-0.3, -0.25) is 0 Å². The summed E-state index contributed by atoms with van der Waals surface area (Å²) in [6, 6.07) is 8.37. The summed E-state index contributed by atoms with van der Waals surface area (Å²) < 4.78 is 5.63. The molecule has 0 unspecified atom stereocenters. The first-order valence-corrected chi connectivity index (χ1v) is 9.04. The van der Waals surface area contributed by atoms with Gasteiger partial charge in [-0.1, -0.05) is 44.4 Å². The number of hydrogen-bond acceptors (Lipinski definition) is 2. The van der Waals surface area contributed by atoms with Gasteiger partial charge in [-0.15, -0.1) is 0 Å². The molecule has 2 aromatic rings. The van der Waals surface area contributed by atoms with Crippen LogP contribution in [0.3, 0.4) is 0 Å². The fourth-order valence-corrected chi connectivity index (χ4v) is 3.71. The average molecular weight is 299 g/mol. The van der Waals surface area contributed by atoms with Crippen molar-refractivity contribution in [3.05, 3.63) is 36.1 Å². The summed E-state index contributed by atoms with van der Waals surface area (Å²) in [5, 5.41) is 1.29. The lowest BCUT2D eigenvalue weighted by Gasteiger charge is -2.31. The van der Waals surface area contributed by atoms with Crippen LogP contribution < -0.4 is 0 Å². The van der Waals surface area contributed by atoms with Crippen molar-refractivity contribution in [1.29, 1.82) is 0 Å². The van der Waals surface area contributed by atoms with Crippen LogP contribution in [-0.4, -0.2) is 24.5 Å². The lowest BCUT2D eigenvalue weighted by atomic mass is 9.91. The van der Waals surface area contributed by atoms with Crippen molar-refractivity contribution in [3.8, 4) is 0 Å². The van der Waals surface area contributed by atoms with E-state index in [2.05, 4.69) is 30.0 Å². The molecule has 3 rings (SSSR count). The van der Waals surface area contributed by atoms with E-state index in [1.165, 1.54) is 69.1 Å². The minimum absolute atomic E-state index is 0.994. The Balaban J connectivity index is 1.41. The molecule has 0 bridgehead atoms. The molecule has 2 nitrogen and oxygen atoms in total. The van der Waals surface area contributed by atoms with Gasteiger partial charge in [-0.25, -0.2) is 0 Å². The molecule has 0 saturated carbocycles. The summed E-state index contributed by atoms with van der Waals surface area (Å²) in [6.45, 7) is 6.15. The van der Waals surface area contributed by atoms with Crippen LogP contribution in [0.15, 0.2) is 34.9 Å². The smallest absolute Gasteiger partial charge is 0.134 e. The first-order chi connectivity index (χ1) is 10.9. The standard InChI is InChI=1S/C20H29NO/c1-2-3-7-17-11-14-21(15-12-17)13-6-8-18-16-22-20-10-5-4-9-19(18)20/h4-5,9-10,16-17H,2-3,6-8,11-15H2,1H3. The van der Waals surface area contributed by atoms with E-state index in [9.17, 15) is 0 Å². The second-order valence-electron chi connectivity index (χ2n) is 6.79. The Kier molecular flexibility index (Phi) is 5.55. The van der Waals surface area contributed by atoms with Gasteiger partial charge in [0.25, 0.3) is 0 Å². The minimum Gasteiger partial charge on any atom is -0.464 e.